The first-order chi connectivity index (χ1) is 12.3. The summed E-state index contributed by atoms with van der Waals surface area (Å²) in [6.45, 7) is 7.33. The van der Waals surface area contributed by atoms with Crippen molar-refractivity contribution in [3.8, 4) is 5.69 Å². The number of nitrogens with zero attached hydrogens (tertiary/aromatic N) is 3. The minimum absolute atomic E-state index is 0.153. The highest BCUT2D eigenvalue weighted by Crippen LogP contribution is 2.26. The summed E-state index contributed by atoms with van der Waals surface area (Å²) in [5.41, 5.74) is 4.56. The van der Waals surface area contributed by atoms with Crippen LogP contribution >= 0.6 is 23.2 Å². The predicted octanol–water partition coefficient (Wildman–Crippen LogP) is 4.58. The van der Waals surface area contributed by atoms with Gasteiger partial charge in [0.25, 0.3) is 0 Å². The standard InChI is InChI=1S/C18H18Cl2N4O2/c1-9-14(8-17(25)21-18-10(2)23-26-12(18)4)11(3)24(22-9)13-5-6-15(19)16(20)7-13/h5-7H,8H2,1-4H3,(H,21,25). The average Bonchev–Trinajstić information content (AvgIpc) is 3.05. The number of nitrogens with one attached hydrogen (secondary N) is 1. The maximum Gasteiger partial charge on any atom is 0.229 e. The monoisotopic (exact) mass is 392 g/mol. The number of benzene rings is 1. The second-order valence-electron chi connectivity index (χ2n) is 6.08. The van der Waals surface area contributed by atoms with E-state index in [1.807, 2.05) is 19.9 Å². The van der Waals surface area contributed by atoms with Crippen molar-refractivity contribution in [3.63, 3.8) is 0 Å². The lowest BCUT2D eigenvalue weighted by atomic mass is 10.1. The zero-order chi connectivity index (χ0) is 19.0. The third kappa shape index (κ3) is 3.48. The van der Waals surface area contributed by atoms with Crippen LogP contribution in [0.4, 0.5) is 5.69 Å². The molecule has 6 nitrogen and oxygen atoms in total. The van der Waals surface area contributed by atoms with Crippen molar-refractivity contribution in [2.24, 2.45) is 0 Å². The van der Waals surface area contributed by atoms with Gasteiger partial charge < -0.3 is 9.84 Å². The van der Waals surface area contributed by atoms with Gasteiger partial charge in [-0.3, -0.25) is 4.79 Å². The van der Waals surface area contributed by atoms with Crippen molar-refractivity contribution in [2.45, 2.75) is 34.1 Å². The third-order valence-electron chi connectivity index (χ3n) is 4.22. The van der Waals surface area contributed by atoms with Gasteiger partial charge in [-0.25, -0.2) is 4.68 Å². The van der Waals surface area contributed by atoms with Crippen molar-refractivity contribution in [3.05, 3.63) is 56.6 Å². The number of amides is 1. The van der Waals surface area contributed by atoms with Gasteiger partial charge in [-0.1, -0.05) is 28.4 Å². The van der Waals surface area contributed by atoms with Crippen LogP contribution in [0, 0.1) is 27.7 Å². The molecular weight excluding hydrogens is 375 g/mol. The summed E-state index contributed by atoms with van der Waals surface area (Å²) in [7, 11) is 0. The summed E-state index contributed by atoms with van der Waals surface area (Å²) in [6.07, 6.45) is 0.197. The van der Waals surface area contributed by atoms with Gasteiger partial charge in [0.1, 0.15) is 11.4 Å². The quantitative estimate of drug-likeness (QED) is 0.704. The van der Waals surface area contributed by atoms with Gasteiger partial charge >= 0.3 is 0 Å². The molecule has 1 amide bonds. The molecule has 2 heterocycles. The van der Waals surface area contributed by atoms with E-state index in [1.54, 1.807) is 30.7 Å². The molecule has 2 aromatic heterocycles. The van der Waals surface area contributed by atoms with Crippen molar-refractivity contribution in [1.29, 1.82) is 0 Å². The van der Waals surface area contributed by atoms with Crippen LogP contribution in [0.3, 0.4) is 0 Å². The number of halogens is 2. The van der Waals surface area contributed by atoms with Crippen LogP contribution in [-0.4, -0.2) is 20.8 Å². The number of rotatable bonds is 4. The summed E-state index contributed by atoms with van der Waals surface area (Å²) < 4.78 is 6.83. The highest BCUT2D eigenvalue weighted by Gasteiger charge is 2.18. The normalized spacial score (nSPS) is 11.0. The first kappa shape index (κ1) is 18.5. The number of aromatic nitrogens is 3. The molecule has 3 aromatic rings. The first-order valence-corrected chi connectivity index (χ1v) is 8.76. The number of carbonyl (C=O) groups excluding carboxylic acids is 1. The van der Waals surface area contributed by atoms with Gasteiger partial charge in [-0.2, -0.15) is 5.10 Å². The Bertz CT molecular complexity index is 972. The molecule has 8 heteroatoms. The van der Waals surface area contributed by atoms with E-state index in [1.165, 1.54) is 0 Å². The fourth-order valence-electron chi connectivity index (χ4n) is 2.80. The van der Waals surface area contributed by atoms with Crippen molar-refractivity contribution < 1.29 is 9.32 Å². The average molecular weight is 393 g/mol. The van der Waals surface area contributed by atoms with E-state index in [-0.39, 0.29) is 12.3 Å². The molecule has 26 heavy (non-hydrogen) atoms. The van der Waals surface area contributed by atoms with E-state index in [9.17, 15) is 4.79 Å². The molecule has 136 valence electrons. The summed E-state index contributed by atoms with van der Waals surface area (Å²) in [5, 5.41) is 12.2. The lowest BCUT2D eigenvalue weighted by Crippen LogP contribution is -2.16. The van der Waals surface area contributed by atoms with Crippen molar-refractivity contribution >= 4 is 34.8 Å². The largest absolute Gasteiger partial charge is 0.359 e. The van der Waals surface area contributed by atoms with Crippen LogP contribution in [0.15, 0.2) is 22.7 Å². The van der Waals surface area contributed by atoms with Crippen LogP contribution < -0.4 is 5.32 Å². The molecule has 0 saturated carbocycles. The molecule has 0 atom stereocenters. The molecule has 0 aliphatic heterocycles. The van der Waals surface area contributed by atoms with Crippen molar-refractivity contribution in [1.82, 2.24) is 14.9 Å². The molecule has 0 saturated heterocycles. The van der Waals surface area contributed by atoms with E-state index in [0.29, 0.717) is 27.2 Å². The second kappa shape index (κ2) is 7.13. The number of anilines is 1. The molecule has 3 rings (SSSR count). The Balaban J connectivity index is 1.86. The maximum absolute atomic E-state index is 12.5. The van der Waals surface area contributed by atoms with E-state index >= 15 is 0 Å². The minimum Gasteiger partial charge on any atom is -0.359 e. The Hall–Kier alpha value is -2.31. The number of carbonyl (C=O) groups is 1. The topological polar surface area (TPSA) is 73.0 Å². The van der Waals surface area contributed by atoms with Gasteiger partial charge in [-0.15, -0.1) is 0 Å². The highest BCUT2D eigenvalue weighted by atomic mass is 35.5. The van der Waals surface area contributed by atoms with Gasteiger partial charge in [0.05, 0.1) is 27.8 Å². The molecule has 0 aliphatic carbocycles. The zero-order valence-electron chi connectivity index (χ0n) is 14.9. The molecule has 0 fully saturated rings. The molecule has 0 spiro atoms. The molecule has 0 radical (unpaired) electrons. The number of hydrogen-bond acceptors (Lipinski definition) is 4. The highest BCUT2D eigenvalue weighted by molar-refractivity contribution is 6.42. The smallest absolute Gasteiger partial charge is 0.229 e. The molecule has 0 bridgehead atoms. The lowest BCUT2D eigenvalue weighted by molar-refractivity contribution is -0.115. The SMILES string of the molecule is Cc1nn(-c2ccc(Cl)c(Cl)c2)c(C)c1CC(=O)Nc1c(C)noc1C. The summed E-state index contributed by atoms with van der Waals surface area (Å²) in [5.74, 6) is 0.426. The first-order valence-electron chi connectivity index (χ1n) is 8.01. The Kier molecular flexibility index (Phi) is 5.07. The van der Waals surface area contributed by atoms with Crippen LogP contribution in [0.2, 0.25) is 10.0 Å². The second-order valence-corrected chi connectivity index (χ2v) is 6.90. The van der Waals surface area contributed by atoms with Gasteiger partial charge in [-0.05, 0) is 45.9 Å². The summed E-state index contributed by atoms with van der Waals surface area (Å²) in [4.78, 5) is 12.5. The number of aryl methyl sites for hydroxylation is 3. The van der Waals surface area contributed by atoms with Crippen LogP contribution in [0.5, 0.6) is 0 Å². The summed E-state index contributed by atoms with van der Waals surface area (Å²) in [6, 6.07) is 5.30. The third-order valence-corrected chi connectivity index (χ3v) is 4.96. The van der Waals surface area contributed by atoms with Crippen LogP contribution in [0.1, 0.15) is 28.4 Å². The predicted molar refractivity (Wildman–Crippen MR) is 101 cm³/mol. The number of hydrogen-bond donors (Lipinski definition) is 1. The maximum atomic E-state index is 12.5. The lowest BCUT2D eigenvalue weighted by Gasteiger charge is -2.07. The van der Waals surface area contributed by atoms with E-state index in [0.717, 1.165) is 22.6 Å². The Labute approximate surface area is 161 Å². The minimum atomic E-state index is -0.153. The van der Waals surface area contributed by atoms with Gasteiger partial charge in [0.2, 0.25) is 5.91 Å². The van der Waals surface area contributed by atoms with E-state index < -0.39 is 0 Å². The Morgan fingerprint density at radius 1 is 1.15 bits per heavy atom. The Morgan fingerprint density at radius 2 is 1.88 bits per heavy atom. The Morgan fingerprint density at radius 3 is 2.50 bits per heavy atom. The van der Waals surface area contributed by atoms with Gasteiger partial charge in [0.15, 0.2) is 5.76 Å². The van der Waals surface area contributed by atoms with Crippen LogP contribution in [0.25, 0.3) is 5.69 Å². The molecule has 0 aliphatic rings. The van der Waals surface area contributed by atoms with Gasteiger partial charge in [0, 0.05) is 11.3 Å². The summed E-state index contributed by atoms with van der Waals surface area (Å²) >= 11 is 12.1. The fraction of sp³-hybridized carbons (Fsp3) is 0.278. The van der Waals surface area contributed by atoms with Crippen LogP contribution in [-0.2, 0) is 11.2 Å². The zero-order valence-corrected chi connectivity index (χ0v) is 16.4. The van der Waals surface area contributed by atoms with Crippen molar-refractivity contribution in [2.75, 3.05) is 5.32 Å². The molecular formula is C18H18Cl2N4O2. The van der Waals surface area contributed by atoms with E-state index in [4.69, 9.17) is 27.7 Å². The molecule has 0 unspecified atom stereocenters. The fourth-order valence-corrected chi connectivity index (χ4v) is 3.10. The van der Waals surface area contributed by atoms with E-state index in [2.05, 4.69) is 15.6 Å². The molecule has 1 aromatic carbocycles. The molecule has 1 N–H and O–H groups in total.